The van der Waals surface area contributed by atoms with Gasteiger partial charge in [-0.2, -0.15) is 5.26 Å². The van der Waals surface area contributed by atoms with Crippen LogP contribution in [0.2, 0.25) is 0 Å². The molecule has 1 aromatic carbocycles. The Morgan fingerprint density at radius 1 is 1.05 bits per heavy atom. The molecular formula is C16H20BF2NO2. The van der Waals surface area contributed by atoms with E-state index in [0.29, 0.717) is 0 Å². The van der Waals surface area contributed by atoms with Crippen LogP contribution in [0.25, 0.3) is 0 Å². The van der Waals surface area contributed by atoms with E-state index in [0.717, 1.165) is 0 Å². The minimum atomic E-state index is -1.11. The van der Waals surface area contributed by atoms with Crippen LogP contribution in [0.1, 0.15) is 47.1 Å². The van der Waals surface area contributed by atoms with Gasteiger partial charge in [-0.3, -0.25) is 0 Å². The molecule has 1 fully saturated rings. The first-order chi connectivity index (χ1) is 9.91. The number of hydrogen-bond acceptors (Lipinski definition) is 3. The van der Waals surface area contributed by atoms with Gasteiger partial charge in [-0.25, -0.2) is 8.78 Å². The fraction of sp³-hybridized carbons (Fsp3) is 0.562. The molecule has 6 heteroatoms. The van der Waals surface area contributed by atoms with Gasteiger partial charge >= 0.3 is 7.12 Å². The molecule has 3 nitrogen and oxygen atoms in total. The number of benzene rings is 1. The second-order valence-corrected chi connectivity index (χ2v) is 7.18. The Balaban J connectivity index is 2.46. The Kier molecular flexibility index (Phi) is 3.87. The second kappa shape index (κ2) is 5.04. The third kappa shape index (κ3) is 2.64. The lowest BCUT2D eigenvalue weighted by molar-refractivity contribution is 0.00578. The van der Waals surface area contributed by atoms with Gasteiger partial charge in [0.05, 0.1) is 28.1 Å². The van der Waals surface area contributed by atoms with Gasteiger partial charge in [-0.15, -0.1) is 0 Å². The third-order valence-electron chi connectivity index (χ3n) is 4.57. The number of nitrogens with zero attached hydrogens (tertiary/aromatic N) is 1. The van der Waals surface area contributed by atoms with Crippen LogP contribution in [-0.2, 0) is 14.7 Å². The highest BCUT2D eigenvalue weighted by Crippen LogP contribution is 2.37. The van der Waals surface area contributed by atoms with Crippen LogP contribution < -0.4 is 5.46 Å². The van der Waals surface area contributed by atoms with Crippen molar-refractivity contribution in [2.24, 2.45) is 0 Å². The van der Waals surface area contributed by atoms with Gasteiger partial charge in [0.25, 0.3) is 0 Å². The molecule has 0 atom stereocenters. The van der Waals surface area contributed by atoms with Gasteiger partial charge in [0.2, 0.25) is 0 Å². The first kappa shape index (κ1) is 16.9. The van der Waals surface area contributed by atoms with Crippen molar-refractivity contribution in [3.8, 4) is 6.07 Å². The van der Waals surface area contributed by atoms with E-state index in [1.807, 2.05) is 33.8 Å². The summed E-state index contributed by atoms with van der Waals surface area (Å²) in [6.07, 6.45) is 0. The highest BCUT2D eigenvalue weighted by Gasteiger charge is 2.53. The summed E-state index contributed by atoms with van der Waals surface area (Å²) < 4.78 is 40.2. The van der Waals surface area contributed by atoms with Gasteiger partial charge < -0.3 is 9.31 Å². The molecule has 0 aliphatic carbocycles. The van der Waals surface area contributed by atoms with Crippen molar-refractivity contribution in [3.05, 3.63) is 29.3 Å². The number of nitriles is 1. The fourth-order valence-electron chi connectivity index (χ4n) is 2.20. The lowest BCUT2D eigenvalue weighted by atomic mass is 9.75. The van der Waals surface area contributed by atoms with E-state index in [2.05, 4.69) is 0 Å². The highest BCUT2D eigenvalue weighted by atomic mass is 19.1. The maximum atomic E-state index is 14.4. The van der Waals surface area contributed by atoms with Gasteiger partial charge in [-0.05, 0) is 59.2 Å². The zero-order valence-electron chi connectivity index (χ0n) is 13.8. The normalized spacial score (nSPS) is 20.0. The molecule has 0 amide bonds. The van der Waals surface area contributed by atoms with E-state index in [1.54, 1.807) is 13.8 Å². The summed E-state index contributed by atoms with van der Waals surface area (Å²) >= 11 is 0. The Hall–Kier alpha value is -1.45. The molecular weight excluding hydrogens is 287 g/mol. The molecule has 0 spiro atoms. The monoisotopic (exact) mass is 307 g/mol. The average molecular weight is 307 g/mol. The molecule has 2 rings (SSSR count). The smallest absolute Gasteiger partial charge is 0.399 e. The topological polar surface area (TPSA) is 42.2 Å². The largest absolute Gasteiger partial charge is 0.500 e. The summed E-state index contributed by atoms with van der Waals surface area (Å²) in [6.45, 7) is 10.5. The van der Waals surface area contributed by atoms with Crippen molar-refractivity contribution in [1.29, 1.82) is 5.26 Å². The second-order valence-electron chi connectivity index (χ2n) is 7.18. The first-order valence-electron chi connectivity index (χ1n) is 7.17. The molecule has 1 saturated heterocycles. The van der Waals surface area contributed by atoms with Crippen molar-refractivity contribution in [1.82, 2.24) is 0 Å². The summed E-state index contributed by atoms with van der Waals surface area (Å²) in [5.41, 5.74) is -2.31. The van der Waals surface area contributed by atoms with Gasteiger partial charge in [0.1, 0.15) is 11.6 Å². The average Bonchev–Trinajstić information content (AvgIpc) is 2.57. The summed E-state index contributed by atoms with van der Waals surface area (Å²) in [6, 6.07) is 4.38. The van der Waals surface area contributed by atoms with Crippen LogP contribution in [0.4, 0.5) is 8.78 Å². The molecule has 0 saturated carbocycles. The quantitative estimate of drug-likeness (QED) is 0.789. The molecule has 0 N–H and O–H groups in total. The van der Waals surface area contributed by atoms with Gasteiger partial charge in [0.15, 0.2) is 0 Å². The lowest BCUT2D eigenvalue weighted by Crippen LogP contribution is -2.41. The van der Waals surface area contributed by atoms with Crippen molar-refractivity contribution < 1.29 is 18.1 Å². The zero-order chi connectivity index (χ0) is 16.9. The van der Waals surface area contributed by atoms with E-state index in [-0.39, 0.29) is 11.0 Å². The molecule has 1 heterocycles. The van der Waals surface area contributed by atoms with Gasteiger partial charge in [0, 0.05) is 0 Å². The predicted molar refractivity (Wildman–Crippen MR) is 80.7 cm³/mol. The Morgan fingerprint density at radius 2 is 1.45 bits per heavy atom. The molecule has 1 aliphatic heterocycles. The molecule has 0 bridgehead atoms. The maximum absolute atomic E-state index is 14.4. The summed E-state index contributed by atoms with van der Waals surface area (Å²) in [4.78, 5) is 0. The van der Waals surface area contributed by atoms with Crippen LogP contribution >= 0.6 is 0 Å². The Morgan fingerprint density at radius 3 is 1.82 bits per heavy atom. The van der Waals surface area contributed by atoms with Crippen molar-refractivity contribution in [2.45, 2.75) is 58.2 Å². The molecule has 0 unspecified atom stereocenters. The van der Waals surface area contributed by atoms with Crippen molar-refractivity contribution in [3.63, 3.8) is 0 Å². The van der Waals surface area contributed by atoms with Crippen molar-refractivity contribution in [2.75, 3.05) is 0 Å². The van der Waals surface area contributed by atoms with Crippen LogP contribution in [0, 0.1) is 23.0 Å². The minimum absolute atomic E-state index is 0.254. The number of hydrogen-bond donors (Lipinski definition) is 0. The molecule has 1 aromatic rings. The zero-order valence-corrected chi connectivity index (χ0v) is 13.8. The highest BCUT2D eigenvalue weighted by molar-refractivity contribution is 6.62. The van der Waals surface area contributed by atoms with E-state index in [9.17, 15) is 8.78 Å². The molecule has 0 radical (unpaired) electrons. The Labute approximate surface area is 130 Å². The van der Waals surface area contributed by atoms with Gasteiger partial charge in [-0.1, -0.05) is 0 Å². The third-order valence-corrected chi connectivity index (χ3v) is 4.57. The SMILES string of the molecule is CC(C)(C#N)c1cc(F)c(B2OC(C)(C)C(C)(C)O2)c(F)c1. The van der Waals surface area contributed by atoms with E-state index in [4.69, 9.17) is 14.6 Å². The lowest BCUT2D eigenvalue weighted by Gasteiger charge is -2.32. The standard InChI is InChI=1S/C16H20BF2NO2/c1-14(2,9-20)10-7-11(18)13(12(19)8-10)17-21-15(3,4)16(5,6)22-17/h7-8H,1-6H3. The summed E-state index contributed by atoms with van der Waals surface area (Å²) in [7, 11) is -1.11. The van der Waals surface area contributed by atoms with Crippen LogP contribution in [0.15, 0.2) is 12.1 Å². The van der Waals surface area contributed by atoms with Crippen LogP contribution in [0.5, 0.6) is 0 Å². The number of rotatable bonds is 2. The number of halogens is 2. The fourth-order valence-corrected chi connectivity index (χ4v) is 2.20. The van der Waals surface area contributed by atoms with Crippen molar-refractivity contribution >= 4 is 12.6 Å². The van der Waals surface area contributed by atoms with E-state index >= 15 is 0 Å². The predicted octanol–water partition coefficient (Wildman–Crippen LogP) is 3.07. The van der Waals surface area contributed by atoms with Crippen LogP contribution in [-0.4, -0.2) is 18.3 Å². The Bertz CT molecular complexity index is 611. The molecule has 118 valence electrons. The van der Waals surface area contributed by atoms with E-state index < -0.39 is 35.4 Å². The summed E-state index contributed by atoms with van der Waals surface area (Å²) in [5, 5.41) is 9.10. The summed E-state index contributed by atoms with van der Waals surface area (Å²) in [5.74, 6) is -1.53. The minimum Gasteiger partial charge on any atom is -0.399 e. The van der Waals surface area contributed by atoms with Crippen LogP contribution in [0.3, 0.4) is 0 Å². The first-order valence-corrected chi connectivity index (χ1v) is 7.17. The van der Waals surface area contributed by atoms with E-state index in [1.165, 1.54) is 12.1 Å². The molecule has 1 aliphatic rings. The molecule has 22 heavy (non-hydrogen) atoms. The maximum Gasteiger partial charge on any atom is 0.500 e. The molecule has 0 aromatic heterocycles.